The van der Waals surface area contributed by atoms with Gasteiger partial charge in [-0.2, -0.15) is 0 Å². The van der Waals surface area contributed by atoms with Crippen LogP contribution in [0.3, 0.4) is 0 Å². The van der Waals surface area contributed by atoms with Crippen LogP contribution in [-0.2, 0) is 24.7 Å². The van der Waals surface area contributed by atoms with Gasteiger partial charge in [0.05, 0.1) is 0 Å². The number of pyridine rings is 1. The fourth-order valence-electron chi connectivity index (χ4n) is 4.34. The van der Waals surface area contributed by atoms with Gasteiger partial charge in [0.1, 0.15) is 5.69 Å². The minimum absolute atomic E-state index is 0.113. The van der Waals surface area contributed by atoms with Crippen LogP contribution in [-0.4, -0.2) is 21.0 Å². The summed E-state index contributed by atoms with van der Waals surface area (Å²) in [7, 11) is 0. The lowest BCUT2D eigenvalue weighted by atomic mass is 9.95. The van der Waals surface area contributed by atoms with E-state index < -0.39 is 5.97 Å². The van der Waals surface area contributed by atoms with Crippen LogP contribution in [0.5, 0.6) is 0 Å². The number of hydrogen-bond acceptors (Lipinski definition) is 2. The summed E-state index contributed by atoms with van der Waals surface area (Å²) in [5, 5.41) is 10.5. The molecule has 0 atom stereocenters. The van der Waals surface area contributed by atoms with E-state index >= 15 is 0 Å². The second kappa shape index (κ2) is 5.44. The first-order chi connectivity index (χ1) is 12.5. The van der Waals surface area contributed by atoms with E-state index in [2.05, 4.69) is 29.0 Å². The SMILES string of the molecule is CC1(c2[nH]c3cc4c(cc3c2Cc2cccc(C(=O)O)n2)CCC4)CC1. The Balaban J connectivity index is 1.65. The number of rotatable bonds is 4. The van der Waals surface area contributed by atoms with Crippen LogP contribution in [0.2, 0.25) is 0 Å². The molecule has 5 rings (SSSR count). The number of carboxylic acids is 1. The molecular formula is C22H22N2O2. The summed E-state index contributed by atoms with van der Waals surface area (Å²) in [6.45, 7) is 2.32. The highest BCUT2D eigenvalue weighted by Gasteiger charge is 2.42. The third-order valence-corrected chi connectivity index (χ3v) is 6.11. The summed E-state index contributed by atoms with van der Waals surface area (Å²) in [6, 6.07) is 9.96. The summed E-state index contributed by atoms with van der Waals surface area (Å²) in [6.07, 6.45) is 6.66. The summed E-state index contributed by atoms with van der Waals surface area (Å²) >= 11 is 0. The fraction of sp³-hybridized carbons (Fsp3) is 0.364. The Kier molecular flexibility index (Phi) is 3.27. The van der Waals surface area contributed by atoms with Crippen LogP contribution < -0.4 is 0 Å². The monoisotopic (exact) mass is 346 g/mol. The van der Waals surface area contributed by atoms with Crippen LogP contribution in [0.25, 0.3) is 10.9 Å². The maximum atomic E-state index is 11.3. The molecule has 4 heteroatoms. The number of carbonyl (C=O) groups is 1. The van der Waals surface area contributed by atoms with Gasteiger partial charge in [0.2, 0.25) is 0 Å². The third-order valence-electron chi connectivity index (χ3n) is 6.11. The molecule has 0 aliphatic heterocycles. The maximum Gasteiger partial charge on any atom is 0.354 e. The van der Waals surface area contributed by atoms with Crippen LogP contribution in [0.15, 0.2) is 30.3 Å². The molecule has 0 saturated heterocycles. The number of fused-ring (bicyclic) bond motifs is 2. The molecule has 2 aliphatic rings. The third kappa shape index (κ3) is 2.44. The van der Waals surface area contributed by atoms with E-state index in [0.29, 0.717) is 6.42 Å². The predicted octanol–water partition coefficient (Wildman–Crippen LogP) is 4.39. The second-order valence-electron chi connectivity index (χ2n) is 8.06. The number of aromatic nitrogens is 2. The summed E-state index contributed by atoms with van der Waals surface area (Å²) < 4.78 is 0. The molecule has 0 unspecified atom stereocenters. The van der Waals surface area contributed by atoms with E-state index in [0.717, 1.165) is 12.1 Å². The Labute approximate surface area is 152 Å². The molecule has 2 aliphatic carbocycles. The Morgan fingerprint density at radius 3 is 2.73 bits per heavy atom. The first-order valence-corrected chi connectivity index (χ1v) is 9.39. The van der Waals surface area contributed by atoms with Crippen molar-refractivity contribution in [1.82, 2.24) is 9.97 Å². The van der Waals surface area contributed by atoms with Crippen molar-refractivity contribution >= 4 is 16.9 Å². The quantitative estimate of drug-likeness (QED) is 0.736. The van der Waals surface area contributed by atoms with E-state index in [1.165, 1.54) is 59.0 Å². The molecule has 2 N–H and O–H groups in total. The number of aryl methyl sites for hydroxylation is 2. The lowest BCUT2D eigenvalue weighted by molar-refractivity contribution is 0.0690. The highest BCUT2D eigenvalue weighted by Crippen LogP contribution is 2.50. The molecule has 26 heavy (non-hydrogen) atoms. The van der Waals surface area contributed by atoms with Crippen LogP contribution in [0, 0.1) is 0 Å². The van der Waals surface area contributed by atoms with Gasteiger partial charge in [0.25, 0.3) is 0 Å². The van der Waals surface area contributed by atoms with Gasteiger partial charge in [-0.1, -0.05) is 13.0 Å². The summed E-state index contributed by atoms with van der Waals surface area (Å²) in [4.78, 5) is 19.3. The fourth-order valence-corrected chi connectivity index (χ4v) is 4.34. The average molecular weight is 346 g/mol. The van der Waals surface area contributed by atoms with Crippen molar-refractivity contribution in [3.8, 4) is 0 Å². The van der Waals surface area contributed by atoms with E-state index in [4.69, 9.17) is 0 Å². The normalized spacial score (nSPS) is 17.4. The number of nitrogens with zero attached hydrogens (tertiary/aromatic N) is 1. The van der Waals surface area contributed by atoms with Gasteiger partial charge in [-0.3, -0.25) is 0 Å². The molecule has 0 amide bonds. The van der Waals surface area contributed by atoms with E-state index in [1.54, 1.807) is 12.1 Å². The standard InChI is InChI=1S/C22H22N2O2/c1-22(8-9-22)20-17(12-15-6-3-7-18(23-15)21(25)26)16-10-13-4-2-5-14(13)11-19(16)24-20/h3,6-7,10-11,24H,2,4-5,8-9,12H2,1H3,(H,25,26). The number of benzene rings is 1. The lowest BCUT2D eigenvalue weighted by Crippen LogP contribution is -2.07. The molecule has 1 fully saturated rings. The number of aromatic amines is 1. The summed E-state index contributed by atoms with van der Waals surface area (Å²) in [5.74, 6) is -0.974. The highest BCUT2D eigenvalue weighted by molar-refractivity contribution is 5.88. The lowest BCUT2D eigenvalue weighted by Gasteiger charge is -2.11. The smallest absolute Gasteiger partial charge is 0.354 e. The first kappa shape index (κ1) is 15.6. The van der Waals surface area contributed by atoms with Gasteiger partial charge < -0.3 is 10.1 Å². The maximum absolute atomic E-state index is 11.3. The molecule has 2 aromatic heterocycles. The number of aromatic carboxylic acids is 1. The van der Waals surface area contributed by atoms with E-state index in [1.807, 2.05) is 6.07 Å². The largest absolute Gasteiger partial charge is 0.477 e. The van der Waals surface area contributed by atoms with Crippen molar-refractivity contribution in [3.05, 3.63) is 64.1 Å². The van der Waals surface area contributed by atoms with Gasteiger partial charge in [-0.25, -0.2) is 9.78 Å². The highest BCUT2D eigenvalue weighted by atomic mass is 16.4. The van der Waals surface area contributed by atoms with Crippen molar-refractivity contribution in [1.29, 1.82) is 0 Å². The van der Waals surface area contributed by atoms with Crippen molar-refractivity contribution in [3.63, 3.8) is 0 Å². The Morgan fingerprint density at radius 2 is 2.00 bits per heavy atom. The molecule has 3 aromatic rings. The zero-order chi connectivity index (χ0) is 17.9. The number of H-pyrrole nitrogens is 1. The second-order valence-corrected chi connectivity index (χ2v) is 8.06. The van der Waals surface area contributed by atoms with Gasteiger partial charge in [-0.15, -0.1) is 0 Å². The van der Waals surface area contributed by atoms with E-state index in [9.17, 15) is 9.90 Å². The van der Waals surface area contributed by atoms with Crippen molar-refractivity contribution in [2.24, 2.45) is 0 Å². The van der Waals surface area contributed by atoms with Crippen molar-refractivity contribution < 1.29 is 9.90 Å². The molecule has 0 spiro atoms. The topological polar surface area (TPSA) is 66.0 Å². The molecule has 2 heterocycles. The molecule has 1 saturated carbocycles. The van der Waals surface area contributed by atoms with Crippen molar-refractivity contribution in [2.75, 3.05) is 0 Å². The molecule has 132 valence electrons. The predicted molar refractivity (Wildman–Crippen MR) is 101 cm³/mol. The van der Waals surface area contributed by atoms with Gasteiger partial charge >= 0.3 is 5.97 Å². The van der Waals surface area contributed by atoms with E-state index in [-0.39, 0.29) is 11.1 Å². The Morgan fingerprint density at radius 1 is 1.23 bits per heavy atom. The first-order valence-electron chi connectivity index (χ1n) is 9.39. The minimum Gasteiger partial charge on any atom is -0.477 e. The minimum atomic E-state index is -0.974. The molecule has 4 nitrogen and oxygen atoms in total. The molecule has 1 aromatic carbocycles. The van der Waals surface area contributed by atoms with Crippen LogP contribution in [0.4, 0.5) is 0 Å². The molecule has 0 radical (unpaired) electrons. The van der Waals surface area contributed by atoms with Crippen molar-refractivity contribution in [2.45, 2.75) is 50.9 Å². The zero-order valence-corrected chi connectivity index (χ0v) is 14.9. The zero-order valence-electron chi connectivity index (χ0n) is 14.9. The molecular weight excluding hydrogens is 324 g/mol. The average Bonchev–Trinajstić information content (AvgIpc) is 3.06. The Bertz CT molecular complexity index is 1040. The van der Waals surface area contributed by atoms with Gasteiger partial charge in [-0.05, 0) is 73.1 Å². The Hall–Kier alpha value is -2.62. The number of carboxylic acid groups (broad SMARTS) is 1. The van der Waals surface area contributed by atoms with Crippen LogP contribution in [0.1, 0.15) is 64.8 Å². The number of nitrogens with one attached hydrogen (secondary N) is 1. The number of hydrogen-bond donors (Lipinski definition) is 2. The molecule has 0 bridgehead atoms. The van der Waals surface area contributed by atoms with Gasteiger partial charge in [0, 0.05) is 34.1 Å². The van der Waals surface area contributed by atoms with Crippen LogP contribution >= 0.6 is 0 Å². The van der Waals surface area contributed by atoms with Gasteiger partial charge in [0.15, 0.2) is 0 Å². The summed E-state index contributed by atoms with van der Waals surface area (Å²) in [5.41, 5.74) is 7.94.